The monoisotopic (exact) mass is 304 g/mol. The number of ether oxygens (including phenoxy) is 1. The number of carbonyl (C=O) groups is 2. The van der Waals surface area contributed by atoms with Crippen molar-refractivity contribution in [1.82, 2.24) is 15.5 Å². The van der Waals surface area contributed by atoms with E-state index in [0.29, 0.717) is 5.69 Å². The minimum absolute atomic E-state index is 0.167. The number of alkyl carbamates (subject to hydrolysis) is 1. The zero-order valence-electron chi connectivity index (χ0n) is 12.9. The molecule has 0 unspecified atom stereocenters. The van der Waals surface area contributed by atoms with Gasteiger partial charge in [0.05, 0.1) is 11.7 Å². The summed E-state index contributed by atoms with van der Waals surface area (Å²) >= 11 is 0. The van der Waals surface area contributed by atoms with Crippen molar-refractivity contribution < 1.29 is 14.3 Å². The third-order valence-corrected chi connectivity index (χ3v) is 2.75. The molecular formula is C15H20N4O3. The standard InChI is InChI=1S/C15H20N4O3/c1-15(2,3)22-14(21)16-7-6-13(20)18-11-5-4-10-9-17-19-12(10)8-11/h4-5,8-9H,6-7H2,1-3H3,(H,16,21)(H,17,19)(H,18,20). The number of benzene rings is 1. The minimum Gasteiger partial charge on any atom is -0.444 e. The molecule has 0 saturated carbocycles. The molecule has 1 heterocycles. The first-order valence-electron chi connectivity index (χ1n) is 7.03. The first-order chi connectivity index (χ1) is 10.3. The molecule has 118 valence electrons. The number of aromatic nitrogens is 2. The van der Waals surface area contributed by atoms with Gasteiger partial charge in [0, 0.05) is 24.0 Å². The first-order valence-corrected chi connectivity index (χ1v) is 7.03. The van der Waals surface area contributed by atoms with Crippen molar-refractivity contribution in [3.8, 4) is 0 Å². The molecule has 0 aliphatic heterocycles. The second kappa shape index (κ2) is 6.46. The highest BCUT2D eigenvalue weighted by Gasteiger charge is 2.15. The van der Waals surface area contributed by atoms with Crippen molar-refractivity contribution in [3.05, 3.63) is 24.4 Å². The lowest BCUT2D eigenvalue weighted by molar-refractivity contribution is -0.116. The van der Waals surface area contributed by atoms with Gasteiger partial charge in [0.15, 0.2) is 0 Å². The fourth-order valence-electron chi connectivity index (χ4n) is 1.83. The van der Waals surface area contributed by atoms with Gasteiger partial charge in [-0.25, -0.2) is 4.79 Å². The Morgan fingerprint density at radius 1 is 1.32 bits per heavy atom. The Kier molecular flexibility index (Phi) is 4.65. The number of rotatable bonds is 4. The number of nitrogens with zero attached hydrogens (tertiary/aromatic N) is 1. The lowest BCUT2D eigenvalue weighted by atomic mass is 10.2. The number of anilines is 1. The Morgan fingerprint density at radius 3 is 2.82 bits per heavy atom. The van der Waals surface area contributed by atoms with E-state index < -0.39 is 11.7 Å². The Morgan fingerprint density at radius 2 is 2.09 bits per heavy atom. The van der Waals surface area contributed by atoms with Crippen LogP contribution in [0.3, 0.4) is 0 Å². The minimum atomic E-state index is -0.550. The Hall–Kier alpha value is -2.57. The van der Waals surface area contributed by atoms with Gasteiger partial charge in [-0.1, -0.05) is 0 Å². The Labute approximate surface area is 128 Å². The molecule has 0 spiro atoms. The summed E-state index contributed by atoms with van der Waals surface area (Å²) < 4.78 is 5.08. The Balaban J connectivity index is 1.77. The van der Waals surface area contributed by atoms with Gasteiger partial charge in [-0.15, -0.1) is 0 Å². The lowest BCUT2D eigenvalue weighted by Crippen LogP contribution is -2.34. The molecular weight excluding hydrogens is 284 g/mol. The summed E-state index contributed by atoms with van der Waals surface area (Å²) in [5.41, 5.74) is 0.981. The maximum absolute atomic E-state index is 11.8. The number of hydrogen-bond acceptors (Lipinski definition) is 4. The summed E-state index contributed by atoms with van der Waals surface area (Å²) in [6.07, 6.45) is 1.35. The molecule has 22 heavy (non-hydrogen) atoms. The zero-order chi connectivity index (χ0) is 16.2. The SMILES string of the molecule is CC(C)(C)OC(=O)NCCC(=O)Nc1ccc2cn[nH]c2c1. The Bertz CT molecular complexity index is 673. The third kappa shape index (κ3) is 4.76. The molecule has 2 rings (SSSR count). The van der Waals surface area contributed by atoms with Crippen LogP contribution in [0.5, 0.6) is 0 Å². The van der Waals surface area contributed by atoms with Gasteiger partial charge in [0.1, 0.15) is 5.60 Å². The van der Waals surface area contributed by atoms with Crippen LogP contribution in [0.2, 0.25) is 0 Å². The van der Waals surface area contributed by atoms with E-state index in [1.807, 2.05) is 12.1 Å². The number of hydrogen-bond donors (Lipinski definition) is 3. The number of H-pyrrole nitrogens is 1. The predicted molar refractivity (Wildman–Crippen MR) is 83.6 cm³/mol. The van der Waals surface area contributed by atoms with Crippen LogP contribution in [0.15, 0.2) is 24.4 Å². The van der Waals surface area contributed by atoms with Crippen molar-refractivity contribution in [2.24, 2.45) is 0 Å². The van der Waals surface area contributed by atoms with Crippen LogP contribution in [0, 0.1) is 0 Å². The van der Waals surface area contributed by atoms with Crippen LogP contribution in [-0.2, 0) is 9.53 Å². The normalized spacial score (nSPS) is 11.2. The number of aromatic amines is 1. The van der Waals surface area contributed by atoms with Crippen LogP contribution in [-0.4, -0.2) is 34.3 Å². The quantitative estimate of drug-likeness (QED) is 0.808. The van der Waals surface area contributed by atoms with Crippen LogP contribution in [0.1, 0.15) is 27.2 Å². The highest BCUT2D eigenvalue weighted by Crippen LogP contribution is 2.16. The molecule has 2 aromatic rings. The summed E-state index contributed by atoms with van der Waals surface area (Å²) in [6.45, 7) is 5.56. The molecule has 7 heteroatoms. The van der Waals surface area contributed by atoms with E-state index in [4.69, 9.17) is 4.74 Å². The highest BCUT2D eigenvalue weighted by atomic mass is 16.6. The molecule has 3 N–H and O–H groups in total. The molecule has 0 aliphatic rings. The number of carbonyl (C=O) groups excluding carboxylic acids is 2. The van der Waals surface area contributed by atoms with Gasteiger partial charge in [-0.05, 0) is 39.0 Å². The van der Waals surface area contributed by atoms with Gasteiger partial charge in [-0.3, -0.25) is 9.89 Å². The summed E-state index contributed by atoms with van der Waals surface area (Å²) in [6, 6.07) is 5.48. The van der Waals surface area contributed by atoms with E-state index in [0.717, 1.165) is 10.9 Å². The first kappa shape index (κ1) is 15.8. The highest BCUT2D eigenvalue weighted by molar-refractivity contribution is 5.93. The second-order valence-corrected chi connectivity index (χ2v) is 5.90. The summed E-state index contributed by atoms with van der Waals surface area (Å²) in [5, 5.41) is 13.0. The molecule has 7 nitrogen and oxygen atoms in total. The van der Waals surface area contributed by atoms with Crippen molar-refractivity contribution in [2.75, 3.05) is 11.9 Å². The maximum Gasteiger partial charge on any atom is 0.407 e. The molecule has 2 amide bonds. The summed E-state index contributed by atoms with van der Waals surface area (Å²) in [7, 11) is 0. The van der Waals surface area contributed by atoms with E-state index in [2.05, 4.69) is 20.8 Å². The molecule has 0 saturated heterocycles. The fourth-order valence-corrected chi connectivity index (χ4v) is 1.83. The van der Waals surface area contributed by atoms with Gasteiger partial charge >= 0.3 is 6.09 Å². The van der Waals surface area contributed by atoms with Crippen molar-refractivity contribution in [3.63, 3.8) is 0 Å². The average Bonchev–Trinajstić information content (AvgIpc) is 2.83. The molecule has 1 aromatic carbocycles. The van der Waals surface area contributed by atoms with E-state index >= 15 is 0 Å². The molecule has 0 fully saturated rings. The maximum atomic E-state index is 11.8. The number of fused-ring (bicyclic) bond motifs is 1. The van der Waals surface area contributed by atoms with Gasteiger partial charge in [0.25, 0.3) is 0 Å². The van der Waals surface area contributed by atoms with Crippen LogP contribution < -0.4 is 10.6 Å². The predicted octanol–water partition coefficient (Wildman–Crippen LogP) is 2.42. The van der Waals surface area contributed by atoms with Crippen LogP contribution >= 0.6 is 0 Å². The fraction of sp³-hybridized carbons (Fsp3) is 0.400. The van der Waals surface area contributed by atoms with Crippen molar-refractivity contribution in [2.45, 2.75) is 32.8 Å². The van der Waals surface area contributed by atoms with E-state index in [9.17, 15) is 9.59 Å². The van der Waals surface area contributed by atoms with Gasteiger partial charge in [-0.2, -0.15) is 5.10 Å². The van der Waals surface area contributed by atoms with E-state index in [1.54, 1.807) is 33.0 Å². The largest absolute Gasteiger partial charge is 0.444 e. The number of amides is 2. The number of nitrogens with one attached hydrogen (secondary N) is 3. The summed E-state index contributed by atoms with van der Waals surface area (Å²) in [5.74, 6) is -0.185. The molecule has 0 aliphatic carbocycles. The second-order valence-electron chi connectivity index (χ2n) is 5.90. The van der Waals surface area contributed by atoms with Crippen LogP contribution in [0.4, 0.5) is 10.5 Å². The van der Waals surface area contributed by atoms with E-state index in [-0.39, 0.29) is 18.9 Å². The average molecular weight is 304 g/mol. The molecule has 0 radical (unpaired) electrons. The zero-order valence-corrected chi connectivity index (χ0v) is 12.9. The summed E-state index contributed by atoms with van der Waals surface area (Å²) in [4.78, 5) is 23.3. The molecule has 0 bridgehead atoms. The van der Waals surface area contributed by atoms with Crippen LogP contribution in [0.25, 0.3) is 10.9 Å². The molecule has 1 aromatic heterocycles. The van der Waals surface area contributed by atoms with Gasteiger partial charge < -0.3 is 15.4 Å². The topological polar surface area (TPSA) is 96.1 Å². The van der Waals surface area contributed by atoms with Gasteiger partial charge in [0.2, 0.25) is 5.91 Å². The van der Waals surface area contributed by atoms with E-state index in [1.165, 1.54) is 0 Å². The third-order valence-electron chi connectivity index (χ3n) is 2.75. The smallest absolute Gasteiger partial charge is 0.407 e. The lowest BCUT2D eigenvalue weighted by Gasteiger charge is -2.19. The van der Waals surface area contributed by atoms with Crippen molar-refractivity contribution in [1.29, 1.82) is 0 Å². The van der Waals surface area contributed by atoms with Crippen molar-refractivity contribution >= 4 is 28.6 Å². The molecule has 0 atom stereocenters.